The molecule has 0 saturated carbocycles. The lowest BCUT2D eigenvalue weighted by atomic mass is 9.98. The van der Waals surface area contributed by atoms with E-state index in [2.05, 4.69) is 126 Å². The summed E-state index contributed by atoms with van der Waals surface area (Å²) in [7, 11) is 2.10. The Morgan fingerprint density at radius 3 is 1.89 bits per heavy atom. The van der Waals surface area contributed by atoms with Crippen molar-refractivity contribution in [3.05, 3.63) is 121 Å². The van der Waals surface area contributed by atoms with Crippen LogP contribution in [0.5, 0.6) is 0 Å². The molecule has 3 heterocycles. The molecule has 0 bridgehead atoms. The van der Waals surface area contributed by atoms with E-state index in [0.29, 0.717) is 0 Å². The van der Waals surface area contributed by atoms with Gasteiger partial charge in [-0.15, -0.1) is 0 Å². The number of aryl methyl sites for hydroxylation is 2. The number of rotatable bonds is 2. The van der Waals surface area contributed by atoms with Gasteiger partial charge in [0.25, 0.3) is 5.69 Å². The van der Waals surface area contributed by atoms with Crippen LogP contribution in [-0.2, 0) is 7.05 Å². The van der Waals surface area contributed by atoms with Gasteiger partial charge in [-0.3, -0.25) is 0 Å². The molecular formula is C35H25N2O+. The highest BCUT2D eigenvalue weighted by molar-refractivity contribution is 6.15. The number of nitrogens with zero attached hydrogens (tertiary/aromatic N) is 2. The Labute approximate surface area is 219 Å². The fraction of sp³-hybridized carbons (Fsp3) is 0.0571. The molecule has 0 aliphatic rings. The highest BCUT2D eigenvalue weighted by atomic mass is 16.3. The molecule has 8 rings (SSSR count). The summed E-state index contributed by atoms with van der Waals surface area (Å²) in [6.45, 7) is 2.15. The van der Waals surface area contributed by atoms with Crippen molar-refractivity contribution < 1.29 is 8.98 Å². The van der Waals surface area contributed by atoms with Gasteiger partial charge < -0.3 is 8.98 Å². The first-order chi connectivity index (χ1) is 18.7. The number of furan rings is 1. The van der Waals surface area contributed by atoms with Crippen LogP contribution in [-0.4, -0.2) is 4.57 Å². The van der Waals surface area contributed by atoms with E-state index in [9.17, 15) is 0 Å². The molecule has 0 spiro atoms. The number of pyridine rings is 1. The third-order valence-electron chi connectivity index (χ3n) is 8.03. The zero-order valence-corrected chi connectivity index (χ0v) is 21.3. The van der Waals surface area contributed by atoms with Gasteiger partial charge >= 0.3 is 0 Å². The maximum absolute atomic E-state index is 6.44. The fourth-order valence-corrected chi connectivity index (χ4v) is 6.26. The lowest BCUT2D eigenvalue weighted by Crippen LogP contribution is -2.30. The maximum Gasteiger partial charge on any atom is 0.256 e. The molecule has 180 valence electrons. The Bertz CT molecular complexity index is 2160. The van der Waals surface area contributed by atoms with Crippen LogP contribution in [0.15, 0.2) is 120 Å². The largest absolute Gasteiger partial charge is 0.449 e. The second-order valence-electron chi connectivity index (χ2n) is 10.1. The SMILES string of the molecule is Cc1c(-c2c3ccc4c(-n5c6ccccc6c6ccccc65)cccc4c3cc[n+]2C)oc2ccccc12. The Hall–Kier alpha value is -4.89. The Balaban J connectivity index is 1.45. The van der Waals surface area contributed by atoms with E-state index in [0.717, 1.165) is 22.4 Å². The van der Waals surface area contributed by atoms with E-state index < -0.39 is 0 Å². The Morgan fingerprint density at radius 1 is 0.553 bits per heavy atom. The summed E-state index contributed by atoms with van der Waals surface area (Å²) in [4.78, 5) is 0. The second-order valence-corrected chi connectivity index (χ2v) is 10.1. The summed E-state index contributed by atoms with van der Waals surface area (Å²) in [5.41, 5.74) is 6.82. The molecule has 0 atom stereocenters. The molecular weight excluding hydrogens is 464 g/mol. The van der Waals surface area contributed by atoms with Crippen LogP contribution in [0.3, 0.4) is 0 Å². The van der Waals surface area contributed by atoms with Crippen LogP contribution in [0.4, 0.5) is 0 Å². The van der Waals surface area contributed by atoms with Crippen LogP contribution in [0.25, 0.3) is 71.5 Å². The van der Waals surface area contributed by atoms with Crippen molar-refractivity contribution in [3.8, 4) is 17.1 Å². The van der Waals surface area contributed by atoms with Crippen molar-refractivity contribution in [2.24, 2.45) is 7.05 Å². The molecule has 0 fully saturated rings. The number of benzene rings is 5. The normalized spacial score (nSPS) is 11.9. The molecule has 0 aliphatic heterocycles. The summed E-state index contributed by atoms with van der Waals surface area (Å²) >= 11 is 0. The zero-order valence-electron chi connectivity index (χ0n) is 21.3. The van der Waals surface area contributed by atoms with Gasteiger partial charge in [-0.25, -0.2) is 0 Å². The number of para-hydroxylation sites is 3. The van der Waals surface area contributed by atoms with Gasteiger partial charge in [0, 0.05) is 38.6 Å². The predicted molar refractivity (Wildman–Crippen MR) is 157 cm³/mol. The average molecular weight is 490 g/mol. The van der Waals surface area contributed by atoms with Gasteiger partial charge in [0.2, 0.25) is 5.76 Å². The van der Waals surface area contributed by atoms with E-state index in [4.69, 9.17) is 4.42 Å². The third-order valence-corrected chi connectivity index (χ3v) is 8.03. The van der Waals surface area contributed by atoms with Crippen molar-refractivity contribution in [1.29, 1.82) is 0 Å². The Morgan fingerprint density at radius 2 is 1.16 bits per heavy atom. The van der Waals surface area contributed by atoms with Gasteiger partial charge in [-0.05, 0) is 42.6 Å². The smallest absolute Gasteiger partial charge is 0.256 e. The van der Waals surface area contributed by atoms with Crippen molar-refractivity contribution in [1.82, 2.24) is 4.57 Å². The summed E-state index contributed by atoms with van der Waals surface area (Å²) in [6.07, 6.45) is 2.15. The number of hydrogen-bond acceptors (Lipinski definition) is 1. The quantitative estimate of drug-likeness (QED) is 0.176. The molecule has 38 heavy (non-hydrogen) atoms. The first-order valence-electron chi connectivity index (χ1n) is 13.0. The molecule has 0 aliphatic carbocycles. The van der Waals surface area contributed by atoms with Crippen molar-refractivity contribution in [2.75, 3.05) is 0 Å². The van der Waals surface area contributed by atoms with Gasteiger partial charge in [0.1, 0.15) is 12.6 Å². The summed E-state index contributed by atoms with van der Waals surface area (Å²) in [6, 6.07) is 39.1. The van der Waals surface area contributed by atoms with E-state index in [1.165, 1.54) is 54.6 Å². The van der Waals surface area contributed by atoms with Crippen LogP contribution < -0.4 is 4.57 Å². The zero-order chi connectivity index (χ0) is 25.4. The van der Waals surface area contributed by atoms with Crippen molar-refractivity contribution in [2.45, 2.75) is 6.92 Å². The molecule has 0 saturated heterocycles. The molecule has 0 radical (unpaired) electrons. The van der Waals surface area contributed by atoms with Gasteiger partial charge in [-0.2, -0.15) is 4.57 Å². The molecule has 3 aromatic heterocycles. The standard InChI is InChI=1S/C35H25N2O/c1-22-23-10-5-8-17-33(23)38-35(22)34-29-19-18-28-24(25(29)20-21-36(34)2)13-9-16-32(28)37-30-14-6-3-11-26(30)27-12-4-7-15-31(27)37/h3-21H,1-2H3/q+1. The van der Waals surface area contributed by atoms with Crippen molar-refractivity contribution in [3.63, 3.8) is 0 Å². The average Bonchev–Trinajstić information content (AvgIpc) is 3.47. The molecule has 5 aromatic carbocycles. The summed E-state index contributed by atoms with van der Waals surface area (Å²) < 4.78 is 11.0. The van der Waals surface area contributed by atoms with E-state index >= 15 is 0 Å². The minimum absolute atomic E-state index is 0.923. The molecule has 8 aromatic rings. The number of aromatic nitrogens is 2. The lowest BCUT2D eigenvalue weighted by Gasteiger charge is -2.13. The Kier molecular flexibility index (Phi) is 4.36. The predicted octanol–water partition coefficient (Wildman–Crippen LogP) is 8.64. The van der Waals surface area contributed by atoms with Gasteiger partial charge in [0.05, 0.1) is 22.1 Å². The van der Waals surface area contributed by atoms with Gasteiger partial charge in [0.15, 0.2) is 6.20 Å². The van der Waals surface area contributed by atoms with Crippen LogP contribution in [0.1, 0.15) is 5.56 Å². The first-order valence-corrected chi connectivity index (χ1v) is 13.0. The summed E-state index contributed by atoms with van der Waals surface area (Å²) in [5.74, 6) is 0.928. The first kappa shape index (κ1) is 21.2. The monoisotopic (exact) mass is 489 g/mol. The third kappa shape index (κ3) is 2.81. The summed E-state index contributed by atoms with van der Waals surface area (Å²) in [5, 5.41) is 8.58. The molecule has 3 nitrogen and oxygen atoms in total. The highest BCUT2D eigenvalue weighted by Gasteiger charge is 2.24. The molecule has 0 amide bonds. The molecule has 0 N–H and O–H groups in total. The number of hydrogen-bond donors (Lipinski definition) is 0. The fourth-order valence-electron chi connectivity index (χ4n) is 6.26. The topological polar surface area (TPSA) is 21.9 Å². The van der Waals surface area contributed by atoms with Crippen LogP contribution >= 0.6 is 0 Å². The van der Waals surface area contributed by atoms with Crippen LogP contribution in [0.2, 0.25) is 0 Å². The van der Waals surface area contributed by atoms with E-state index in [-0.39, 0.29) is 0 Å². The second kappa shape index (κ2) is 7.80. The van der Waals surface area contributed by atoms with Crippen molar-refractivity contribution >= 4 is 54.3 Å². The van der Waals surface area contributed by atoms with E-state index in [1.807, 2.05) is 12.1 Å². The number of fused-ring (bicyclic) bond motifs is 7. The maximum atomic E-state index is 6.44. The van der Waals surface area contributed by atoms with Gasteiger partial charge in [-0.1, -0.05) is 72.8 Å². The minimum Gasteiger partial charge on any atom is -0.449 e. The minimum atomic E-state index is 0.923. The lowest BCUT2D eigenvalue weighted by molar-refractivity contribution is -0.659. The molecule has 3 heteroatoms. The van der Waals surface area contributed by atoms with Crippen LogP contribution in [0, 0.1) is 6.92 Å². The molecule has 0 unspecified atom stereocenters. The highest BCUT2D eigenvalue weighted by Crippen LogP contribution is 2.39. The van der Waals surface area contributed by atoms with E-state index in [1.54, 1.807) is 0 Å².